The maximum absolute atomic E-state index is 11.3. The van der Waals surface area contributed by atoms with Crippen molar-refractivity contribution in [2.45, 2.75) is 0 Å². The molecule has 17 heavy (non-hydrogen) atoms. The monoisotopic (exact) mass is 223 g/mol. The number of carbonyl (C=O) groups is 1. The van der Waals surface area contributed by atoms with Crippen LogP contribution in [-0.4, -0.2) is 20.4 Å². The summed E-state index contributed by atoms with van der Waals surface area (Å²) in [4.78, 5) is 11.3. The number of rotatable bonds is 3. The Labute approximate surface area is 101 Å². The van der Waals surface area contributed by atoms with Crippen molar-refractivity contribution in [2.75, 3.05) is 7.11 Å². The first-order chi connectivity index (χ1) is 8.29. The molecule has 0 amide bonds. The summed E-state index contributed by atoms with van der Waals surface area (Å²) >= 11 is 0. The van der Waals surface area contributed by atoms with Gasteiger partial charge in [0.15, 0.2) is 7.28 Å². The molecule has 1 radical (unpaired) electrons. The molecule has 2 rings (SSSR count). The zero-order valence-corrected chi connectivity index (χ0v) is 9.59. The Morgan fingerprint density at radius 2 is 1.53 bits per heavy atom. The second-order valence-corrected chi connectivity index (χ2v) is 3.67. The molecule has 3 heteroatoms. The van der Waals surface area contributed by atoms with Gasteiger partial charge in [-0.1, -0.05) is 53.4 Å². The van der Waals surface area contributed by atoms with Crippen molar-refractivity contribution in [2.24, 2.45) is 0 Å². The molecular formula is C14H12BO2. The Kier molecular flexibility index (Phi) is 3.60. The van der Waals surface area contributed by atoms with Crippen molar-refractivity contribution in [3.8, 4) is 0 Å². The minimum atomic E-state index is -0.309. The van der Waals surface area contributed by atoms with E-state index in [9.17, 15) is 4.79 Å². The maximum Gasteiger partial charge on any atom is 0.337 e. The van der Waals surface area contributed by atoms with Crippen LogP contribution in [0.3, 0.4) is 0 Å². The SMILES string of the molecule is COC(=O)c1ccc([B]c2ccccc2)cc1. The quantitative estimate of drug-likeness (QED) is 0.575. The van der Waals surface area contributed by atoms with Crippen LogP contribution in [0.25, 0.3) is 0 Å². The Balaban J connectivity index is 2.11. The van der Waals surface area contributed by atoms with E-state index in [-0.39, 0.29) is 5.97 Å². The van der Waals surface area contributed by atoms with Gasteiger partial charge in [0, 0.05) is 0 Å². The molecule has 0 fully saturated rings. The lowest BCUT2D eigenvalue weighted by molar-refractivity contribution is 0.0601. The molecule has 0 aliphatic rings. The lowest BCUT2D eigenvalue weighted by Gasteiger charge is -2.02. The van der Waals surface area contributed by atoms with E-state index in [1.54, 1.807) is 12.1 Å². The van der Waals surface area contributed by atoms with Gasteiger partial charge in [0.25, 0.3) is 0 Å². The molecule has 0 N–H and O–H groups in total. The fourth-order valence-corrected chi connectivity index (χ4v) is 1.57. The molecule has 0 aliphatic heterocycles. The van der Waals surface area contributed by atoms with Gasteiger partial charge >= 0.3 is 5.97 Å². The summed E-state index contributed by atoms with van der Waals surface area (Å²) in [6, 6.07) is 17.4. The number of hydrogen-bond acceptors (Lipinski definition) is 2. The van der Waals surface area contributed by atoms with Crippen molar-refractivity contribution >= 4 is 24.2 Å². The molecule has 0 spiro atoms. The average Bonchev–Trinajstić information content (AvgIpc) is 2.40. The molecule has 0 atom stereocenters. The second-order valence-electron chi connectivity index (χ2n) is 3.67. The molecule has 83 valence electrons. The molecule has 2 aromatic rings. The summed E-state index contributed by atoms with van der Waals surface area (Å²) in [5.74, 6) is -0.309. The lowest BCUT2D eigenvalue weighted by Crippen LogP contribution is -2.26. The van der Waals surface area contributed by atoms with Crippen molar-refractivity contribution in [1.82, 2.24) is 0 Å². The highest BCUT2D eigenvalue weighted by Crippen LogP contribution is 1.98. The van der Waals surface area contributed by atoms with E-state index in [4.69, 9.17) is 0 Å². The van der Waals surface area contributed by atoms with Crippen LogP contribution in [0.2, 0.25) is 0 Å². The van der Waals surface area contributed by atoms with Crippen molar-refractivity contribution in [3.63, 3.8) is 0 Å². The maximum atomic E-state index is 11.3. The normalized spacial score (nSPS) is 9.71. The largest absolute Gasteiger partial charge is 0.465 e. The van der Waals surface area contributed by atoms with Gasteiger partial charge in [0.1, 0.15) is 0 Å². The van der Waals surface area contributed by atoms with Gasteiger partial charge < -0.3 is 4.74 Å². The predicted octanol–water partition coefficient (Wildman–Crippen LogP) is 1.13. The molecule has 0 aromatic heterocycles. The van der Waals surface area contributed by atoms with Crippen molar-refractivity contribution in [1.29, 1.82) is 0 Å². The third-order valence-corrected chi connectivity index (χ3v) is 2.46. The van der Waals surface area contributed by atoms with E-state index in [1.807, 2.05) is 42.5 Å². The zero-order chi connectivity index (χ0) is 12.1. The van der Waals surface area contributed by atoms with Crippen molar-refractivity contribution in [3.05, 3.63) is 60.2 Å². The van der Waals surface area contributed by atoms with Crippen LogP contribution in [-0.2, 0) is 4.74 Å². The van der Waals surface area contributed by atoms with Crippen LogP contribution in [0.4, 0.5) is 0 Å². The Hall–Kier alpha value is -2.03. The highest BCUT2D eigenvalue weighted by Gasteiger charge is 2.04. The number of benzene rings is 2. The minimum absolute atomic E-state index is 0.309. The lowest BCUT2D eigenvalue weighted by atomic mass is 9.64. The van der Waals surface area contributed by atoms with Crippen LogP contribution in [0.1, 0.15) is 10.4 Å². The third-order valence-electron chi connectivity index (χ3n) is 2.46. The molecule has 0 bridgehead atoms. The van der Waals surface area contributed by atoms with Gasteiger partial charge in [-0.2, -0.15) is 0 Å². The highest BCUT2D eigenvalue weighted by atomic mass is 16.5. The highest BCUT2D eigenvalue weighted by molar-refractivity contribution is 6.67. The molecule has 0 saturated heterocycles. The molecule has 0 unspecified atom stereocenters. The van der Waals surface area contributed by atoms with E-state index in [0.717, 1.165) is 10.9 Å². The minimum Gasteiger partial charge on any atom is -0.465 e. The first-order valence-electron chi connectivity index (χ1n) is 5.38. The number of methoxy groups -OCH3 is 1. The molecule has 2 nitrogen and oxygen atoms in total. The average molecular weight is 223 g/mol. The van der Waals surface area contributed by atoms with Crippen LogP contribution in [0.15, 0.2) is 54.6 Å². The van der Waals surface area contributed by atoms with Gasteiger partial charge in [0.2, 0.25) is 0 Å². The summed E-state index contributed by atoms with van der Waals surface area (Å²) in [5, 5.41) is 0. The fraction of sp³-hybridized carbons (Fsp3) is 0.0714. The van der Waals surface area contributed by atoms with E-state index in [1.165, 1.54) is 7.11 Å². The summed E-state index contributed by atoms with van der Waals surface area (Å²) in [6.45, 7) is 0. The second kappa shape index (κ2) is 5.35. The standard InChI is InChI=1S/C14H12BO2/c1-17-14(16)11-7-9-13(10-8-11)15-12-5-3-2-4-6-12/h2-10H,1H3. The van der Waals surface area contributed by atoms with Gasteiger partial charge in [-0.15, -0.1) is 0 Å². The van der Waals surface area contributed by atoms with E-state index >= 15 is 0 Å². The van der Waals surface area contributed by atoms with E-state index < -0.39 is 0 Å². The molecule has 0 saturated carbocycles. The Morgan fingerprint density at radius 3 is 2.12 bits per heavy atom. The smallest absolute Gasteiger partial charge is 0.337 e. The van der Waals surface area contributed by atoms with Gasteiger partial charge in [-0.25, -0.2) is 4.79 Å². The number of carbonyl (C=O) groups excluding carboxylic acids is 1. The van der Waals surface area contributed by atoms with Crippen LogP contribution < -0.4 is 10.9 Å². The van der Waals surface area contributed by atoms with Crippen LogP contribution >= 0.6 is 0 Å². The Bertz CT molecular complexity index is 491. The van der Waals surface area contributed by atoms with E-state index in [0.29, 0.717) is 5.56 Å². The number of esters is 1. The van der Waals surface area contributed by atoms with Gasteiger partial charge in [-0.05, 0) is 12.1 Å². The van der Waals surface area contributed by atoms with Crippen molar-refractivity contribution < 1.29 is 9.53 Å². The summed E-state index contributed by atoms with van der Waals surface area (Å²) in [6.07, 6.45) is 0. The number of ether oxygens (including phenoxy) is 1. The summed E-state index contributed by atoms with van der Waals surface area (Å²) in [7, 11) is 3.44. The first-order valence-corrected chi connectivity index (χ1v) is 5.38. The number of hydrogen-bond donors (Lipinski definition) is 0. The zero-order valence-electron chi connectivity index (χ0n) is 9.59. The van der Waals surface area contributed by atoms with Crippen LogP contribution in [0, 0.1) is 0 Å². The fourth-order valence-electron chi connectivity index (χ4n) is 1.57. The van der Waals surface area contributed by atoms with Gasteiger partial charge in [-0.3, -0.25) is 0 Å². The topological polar surface area (TPSA) is 26.3 Å². The summed E-state index contributed by atoms with van der Waals surface area (Å²) < 4.78 is 4.65. The van der Waals surface area contributed by atoms with Gasteiger partial charge in [0.05, 0.1) is 12.7 Å². The van der Waals surface area contributed by atoms with Crippen LogP contribution in [0.5, 0.6) is 0 Å². The third kappa shape index (κ3) is 2.97. The molecule has 2 aromatic carbocycles. The Morgan fingerprint density at radius 1 is 0.941 bits per heavy atom. The molecule has 0 aliphatic carbocycles. The summed E-state index contributed by atoms with van der Waals surface area (Å²) in [5.41, 5.74) is 2.76. The first kappa shape index (κ1) is 11.5. The predicted molar refractivity (Wildman–Crippen MR) is 69.2 cm³/mol. The van der Waals surface area contributed by atoms with E-state index in [2.05, 4.69) is 12.0 Å². The molecular weight excluding hydrogens is 211 g/mol. The molecule has 0 heterocycles.